The third-order valence-electron chi connectivity index (χ3n) is 3.46. The molecule has 2 aromatic heterocycles. The fourth-order valence-corrected chi connectivity index (χ4v) is 2.28. The molecule has 1 aromatic carbocycles. The summed E-state index contributed by atoms with van der Waals surface area (Å²) in [4.78, 5) is 30.6. The number of hydrogen-bond acceptors (Lipinski definition) is 7. The molecular formula is C15H13N5O5. The zero-order valence-corrected chi connectivity index (χ0v) is 13.3. The van der Waals surface area contributed by atoms with E-state index >= 15 is 0 Å². The summed E-state index contributed by atoms with van der Waals surface area (Å²) < 4.78 is 11.3. The van der Waals surface area contributed by atoms with Gasteiger partial charge in [0.15, 0.2) is 17.2 Å². The molecule has 0 atom stereocenters. The van der Waals surface area contributed by atoms with E-state index in [9.17, 15) is 14.9 Å². The minimum absolute atomic E-state index is 0.0440. The molecule has 0 radical (unpaired) electrons. The van der Waals surface area contributed by atoms with Crippen LogP contribution < -0.4 is 15.0 Å². The van der Waals surface area contributed by atoms with Crippen molar-refractivity contribution in [3.63, 3.8) is 0 Å². The van der Waals surface area contributed by atoms with Gasteiger partial charge >= 0.3 is 11.2 Å². The summed E-state index contributed by atoms with van der Waals surface area (Å²) in [5.41, 5.74) is -0.870. The van der Waals surface area contributed by atoms with E-state index in [0.29, 0.717) is 17.1 Å². The molecule has 3 aromatic rings. The number of methoxy groups -OCH3 is 2. The van der Waals surface area contributed by atoms with Crippen LogP contribution in [0, 0.1) is 10.1 Å². The zero-order chi connectivity index (χ0) is 18.0. The molecule has 0 spiro atoms. The van der Waals surface area contributed by atoms with Crippen molar-refractivity contribution in [2.75, 3.05) is 14.2 Å². The molecule has 128 valence electrons. The van der Waals surface area contributed by atoms with Crippen molar-refractivity contribution in [2.45, 2.75) is 0 Å². The van der Waals surface area contributed by atoms with Crippen molar-refractivity contribution in [3.8, 4) is 11.5 Å². The van der Waals surface area contributed by atoms with Crippen LogP contribution >= 0.6 is 0 Å². The van der Waals surface area contributed by atoms with Crippen molar-refractivity contribution in [1.82, 2.24) is 19.6 Å². The Hall–Kier alpha value is -3.69. The first-order valence-corrected chi connectivity index (χ1v) is 7.05. The van der Waals surface area contributed by atoms with Gasteiger partial charge in [0.25, 0.3) is 5.78 Å². The smallest absolute Gasteiger partial charge is 0.361 e. The first-order chi connectivity index (χ1) is 12.0. The third kappa shape index (κ3) is 2.92. The van der Waals surface area contributed by atoms with Crippen LogP contribution in [0.5, 0.6) is 11.5 Å². The second-order valence-corrected chi connectivity index (χ2v) is 4.88. The molecule has 0 aliphatic rings. The number of ether oxygens (including phenoxy) is 2. The minimum Gasteiger partial charge on any atom is -0.493 e. The van der Waals surface area contributed by atoms with Gasteiger partial charge in [-0.2, -0.15) is 4.52 Å². The van der Waals surface area contributed by atoms with Gasteiger partial charge in [-0.05, 0) is 23.8 Å². The average Bonchev–Trinajstić information content (AvgIpc) is 3.08. The van der Waals surface area contributed by atoms with Crippen LogP contribution in [0.1, 0.15) is 11.3 Å². The van der Waals surface area contributed by atoms with Gasteiger partial charge in [-0.25, -0.2) is 9.97 Å². The topological polar surface area (TPSA) is 125 Å². The first-order valence-electron chi connectivity index (χ1n) is 7.05. The second kappa shape index (κ2) is 6.43. The lowest BCUT2D eigenvalue weighted by Gasteiger charge is -2.07. The molecule has 10 nitrogen and oxygen atoms in total. The quantitative estimate of drug-likeness (QED) is 0.550. The predicted molar refractivity (Wildman–Crippen MR) is 88.7 cm³/mol. The normalized spacial score (nSPS) is 11.1. The monoisotopic (exact) mass is 343 g/mol. The molecule has 0 unspecified atom stereocenters. The standard InChI is InChI=1S/C15H13N5O5/c1-24-11-6-4-9(7-12(11)25-2)3-5-10-13(20(22)23)14(21)19-15(18-10)16-8-17-19/h3-8H,1-2H3,(H,16,17,18)/b5-3+. The molecule has 0 aliphatic carbocycles. The van der Waals surface area contributed by atoms with Gasteiger partial charge in [0.2, 0.25) is 0 Å². The van der Waals surface area contributed by atoms with Crippen LogP contribution in [0.25, 0.3) is 17.9 Å². The summed E-state index contributed by atoms with van der Waals surface area (Å²) in [5, 5.41) is 13.7. The maximum atomic E-state index is 12.2. The van der Waals surface area contributed by atoms with Crippen LogP contribution in [-0.4, -0.2) is 38.7 Å². The molecule has 0 bridgehead atoms. The van der Waals surface area contributed by atoms with Crippen molar-refractivity contribution in [1.29, 1.82) is 0 Å². The summed E-state index contributed by atoms with van der Waals surface area (Å²) in [5.74, 6) is 1.11. The van der Waals surface area contributed by atoms with Gasteiger partial charge < -0.3 is 9.47 Å². The highest BCUT2D eigenvalue weighted by molar-refractivity contribution is 5.73. The SMILES string of the molecule is COc1ccc(/C=C/c2nc3nc[nH]n3c(=O)c2[N+](=O)[O-])cc1OC. The highest BCUT2D eigenvalue weighted by atomic mass is 16.6. The van der Waals surface area contributed by atoms with Crippen LogP contribution in [0.3, 0.4) is 0 Å². The molecule has 0 amide bonds. The number of aromatic nitrogens is 4. The lowest BCUT2D eigenvalue weighted by atomic mass is 10.1. The number of H-pyrrole nitrogens is 1. The highest BCUT2D eigenvalue weighted by Crippen LogP contribution is 2.28. The summed E-state index contributed by atoms with van der Waals surface area (Å²) in [7, 11) is 3.03. The number of fused-ring (bicyclic) bond motifs is 1. The molecule has 0 aliphatic heterocycles. The van der Waals surface area contributed by atoms with Gasteiger partial charge in [-0.1, -0.05) is 12.1 Å². The summed E-state index contributed by atoms with van der Waals surface area (Å²) in [6.45, 7) is 0. The molecule has 0 fully saturated rings. The van der Waals surface area contributed by atoms with Crippen molar-refractivity contribution in [3.05, 3.63) is 56.3 Å². The van der Waals surface area contributed by atoms with Crippen LogP contribution in [0.2, 0.25) is 0 Å². The van der Waals surface area contributed by atoms with E-state index in [2.05, 4.69) is 15.1 Å². The number of nitrogens with one attached hydrogen (secondary N) is 1. The number of hydrogen-bond donors (Lipinski definition) is 1. The Morgan fingerprint density at radius 1 is 1.24 bits per heavy atom. The first kappa shape index (κ1) is 16.2. The Morgan fingerprint density at radius 2 is 2.00 bits per heavy atom. The maximum Gasteiger partial charge on any atom is 0.361 e. The number of rotatable bonds is 5. The van der Waals surface area contributed by atoms with E-state index in [1.165, 1.54) is 26.6 Å². The largest absolute Gasteiger partial charge is 0.493 e. The molecule has 0 saturated heterocycles. The van der Waals surface area contributed by atoms with Crippen LogP contribution in [0.15, 0.2) is 29.3 Å². The van der Waals surface area contributed by atoms with E-state index in [-0.39, 0.29) is 11.5 Å². The Labute approximate surface area is 140 Å². The Balaban J connectivity index is 2.08. The van der Waals surface area contributed by atoms with Crippen molar-refractivity contribution < 1.29 is 14.4 Å². The van der Waals surface area contributed by atoms with Crippen molar-refractivity contribution in [2.24, 2.45) is 0 Å². The van der Waals surface area contributed by atoms with Crippen LogP contribution in [0.4, 0.5) is 5.69 Å². The molecule has 3 rings (SSSR count). The maximum absolute atomic E-state index is 12.2. The average molecular weight is 343 g/mol. The second-order valence-electron chi connectivity index (χ2n) is 4.88. The molecule has 10 heteroatoms. The third-order valence-corrected chi connectivity index (χ3v) is 3.46. The summed E-state index contributed by atoms with van der Waals surface area (Å²) in [6, 6.07) is 5.14. The van der Waals surface area contributed by atoms with E-state index in [0.717, 1.165) is 4.52 Å². The number of aromatic amines is 1. The van der Waals surface area contributed by atoms with Crippen molar-refractivity contribution >= 4 is 23.6 Å². The van der Waals surface area contributed by atoms with Gasteiger partial charge in [-0.3, -0.25) is 20.0 Å². The Kier molecular flexibility index (Phi) is 4.16. The fraction of sp³-hybridized carbons (Fsp3) is 0.133. The number of nitrogens with zero attached hydrogens (tertiary/aromatic N) is 4. The van der Waals surface area contributed by atoms with Gasteiger partial charge in [0.05, 0.1) is 19.1 Å². The Morgan fingerprint density at radius 3 is 2.68 bits per heavy atom. The highest BCUT2D eigenvalue weighted by Gasteiger charge is 2.22. The lowest BCUT2D eigenvalue weighted by Crippen LogP contribution is -2.20. The predicted octanol–water partition coefficient (Wildman–Crippen LogP) is 1.51. The molecule has 0 saturated carbocycles. The number of benzene rings is 1. The summed E-state index contributed by atoms with van der Waals surface area (Å²) >= 11 is 0. The Bertz CT molecular complexity index is 1040. The molecular weight excluding hydrogens is 330 g/mol. The van der Waals surface area contributed by atoms with Gasteiger partial charge in [-0.15, -0.1) is 0 Å². The molecule has 25 heavy (non-hydrogen) atoms. The fourth-order valence-electron chi connectivity index (χ4n) is 2.28. The van der Waals surface area contributed by atoms with Crippen LogP contribution in [-0.2, 0) is 0 Å². The summed E-state index contributed by atoms with van der Waals surface area (Å²) in [6.07, 6.45) is 4.20. The zero-order valence-electron chi connectivity index (χ0n) is 13.3. The van der Waals surface area contributed by atoms with Gasteiger partial charge in [0.1, 0.15) is 6.33 Å². The molecule has 2 heterocycles. The minimum atomic E-state index is -0.834. The van der Waals surface area contributed by atoms with E-state index in [1.54, 1.807) is 24.3 Å². The molecule has 1 N–H and O–H groups in total. The van der Waals surface area contributed by atoms with E-state index in [4.69, 9.17) is 9.47 Å². The number of nitro groups is 1. The van der Waals surface area contributed by atoms with E-state index < -0.39 is 16.2 Å². The van der Waals surface area contributed by atoms with Gasteiger partial charge in [0, 0.05) is 0 Å². The lowest BCUT2D eigenvalue weighted by molar-refractivity contribution is -0.386. The van der Waals surface area contributed by atoms with E-state index in [1.807, 2.05) is 0 Å².